The van der Waals surface area contributed by atoms with Crippen molar-refractivity contribution in [1.29, 1.82) is 0 Å². The van der Waals surface area contributed by atoms with E-state index >= 15 is 0 Å². The molecule has 14 heavy (non-hydrogen) atoms. The zero-order valence-corrected chi connectivity index (χ0v) is 8.91. The van der Waals surface area contributed by atoms with Crippen LogP contribution in [0.2, 0.25) is 0 Å². The number of aliphatic carboxylic acids is 1. The number of thiazole rings is 1. The van der Waals surface area contributed by atoms with Crippen LogP contribution in [0.4, 0.5) is 5.13 Å². The number of hydrogen-bond donors (Lipinski definition) is 2. The molecule has 1 aromatic heterocycles. The molecule has 1 rings (SSSR count). The monoisotopic (exact) mass is 215 g/mol. The number of nitrogens with zero attached hydrogens (tertiary/aromatic N) is 2. The van der Waals surface area contributed by atoms with Crippen molar-refractivity contribution in [3.05, 3.63) is 11.1 Å². The number of carboxylic acid groups (broad SMARTS) is 1. The van der Waals surface area contributed by atoms with Crippen LogP contribution in [-0.2, 0) is 4.79 Å². The molecule has 1 atom stereocenters. The molecule has 5 nitrogen and oxygen atoms in total. The summed E-state index contributed by atoms with van der Waals surface area (Å²) in [7, 11) is 3.72. The molecule has 0 amide bonds. The fourth-order valence-corrected chi connectivity index (χ4v) is 1.93. The van der Waals surface area contributed by atoms with Crippen LogP contribution in [-0.4, -0.2) is 36.7 Å². The van der Waals surface area contributed by atoms with Crippen molar-refractivity contribution in [2.24, 2.45) is 5.73 Å². The Balaban J connectivity index is 2.89. The second-order valence-corrected chi connectivity index (χ2v) is 4.11. The molecular formula is C8H13N3O2S. The minimum atomic E-state index is -0.901. The molecule has 0 aromatic carbocycles. The normalized spacial score (nSPS) is 12.5. The van der Waals surface area contributed by atoms with Gasteiger partial charge < -0.3 is 15.7 Å². The summed E-state index contributed by atoms with van der Waals surface area (Å²) in [5.74, 6) is -1.54. The van der Waals surface area contributed by atoms with Crippen LogP contribution in [0.25, 0.3) is 0 Å². The van der Waals surface area contributed by atoms with E-state index in [0.29, 0.717) is 4.88 Å². The highest BCUT2D eigenvalue weighted by Gasteiger charge is 2.20. The Hall–Kier alpha value is -1.14. The van der Waals surface area contributed by atoms with E-state index in [2.05, 4.69) is 4.98 Å². The van der Waals surface area contributed by atoms with Gasteiger partial charge in [-0.05, 0) is 0 Å². The first-order valence-electron chi connectivity index (χ1n) is 4.12. The van der Waals surface area contributed by atoms with E-state index in [9.17, 15) is 4.79 Å². The van der Waals surface area contributed by atoms with Gasteiger partial charge in [0.25, 0.3) is 0 Å². The van der Waals surface area contributed by atoms with Crippen molar-refractivity contribution < 1.29 is 9.90 Å². The van der Waals surface area contributed by atoms with Crippen molar-refractivity contribution in [3.63, 3.8) is 0 Å². The van der Waals surface area contributed by atoms with Crippen LogP contribution in [0.15, 0.2) is 6.20 Å². The summed E-state index contributed by atoms with van der Waals surface area (Å²) in [6.45, 7) is 0.102. The molecule has 6 heteroatoms. The average molecular weight is 215 g/mol. The number of carboxylic acids is 1. The molecule has 0 aliphatic rings. The molecule has 78 valence electrons. The fourth-order valence-electron chi connectivity index (χ4n) is 0.983. The number of rotatable bonds is 4. The first kappa shape index (κ1) is 10.9. The quantitative estimate of drug-likeness (QED) is 0.757. The van der Waals surface area contributed by atoms with Gasteiger partial charge in [-0.2, -0.15) is 0 Å². The lowest BCUT2D eigenvalue weighted by atomic mass is 10.1. The lowest BCUT2D eigenvalue weighted by Crippen LogP contribution is -2.20. The Morgan fingerprint density at radius 1 is 1.79 bits per heavy atom. The topological polar surface area (TPSA) is 79.5 Å². The Kier molecular flexibility index (Phi) is 3.43. The number of carbonyl (C=O) groups is 1. The van der Waals surface area contributed by atoms with Gasteiger partial charge in [0, 0.05) is 31.7 Å². The van der Waals surface area contributed by atoms with E-state index in [1.807, 2.05) is 19.0 Å². The van der Waals surface area contributed by atoms with Gasteiger partial charge in [-0.1, -0.05) is 0 Å². The van der Waals surface area contributed by atoms with Gasteiger partial charge in [0.15, 0.2) is 5.13 Å². The molecule has 0 aliphatic heterocycles. The Morgan fingerprint density at radius 2 is 2.43 bits per heavy atom. The third-order valence-corrected chi connectivity index (χ3v) is 3.05. The van der Waals surface area contributed by atoms with Gasteiger partial charge in [-0.15, -0.1) is 11.3 Å². The molecule has 0 saturated carbocycles. The first-order chi connectivity index (χ1) is 6.56. The number of nitrogens with two attached hydrogens (primary N) is 1. The Bertz CT molecular complexity index is 324. The molecule has 1 heterocycles. The van der Waals surface area contributed by atoms with Crippen molar-refractivity contribution >= 4 is 22.4 Å². The van der Waals surface area contributed by atoms with E-state index in [4.69, 9.17) is 10.8 Å². The van der Waals surface area contributed by atoms with Gasteiger partial charge in [0.2, 0.25) is 0 Å². The van der Waals surface area contributed by atoms with E-state index in [1.165, 1.54) is 11.3 Å². The maximum absolute atomic E-state index is 10.8. The summed E-state index contributed by atoms with van der Waals surface area (Å²) < 4.78 is 0. The van der Waals surface area contributed by atoms with Crippen molar-refractivity contribution in [2.45, 2.75) is 5.92 Å². The van der Waals surface area contributed by atoms with Crippen LogP contribution < -0.4 is 10.6 Å². The standard InChI is InChI=1S/C8H13N3O2S/c1-11(2)8-10-4-6(14-8)5(3-9)7(12)13/h4-5H,3,9H2,1-2H3,(H,12,13). The van der Waals surface area contributed by atoms with Crippen LogP contribution >= 0.6 is 11.3 Å². The van der Waals surface area contributed by atoms with Crippen LogP contribution in [0.5, 0.6) is 0 Å². The molecule has 3 N–H and O–H groups in total. The minimum Gasteiger partial charge on any atom is -0.481 e. The molecule has 0 bridgehead atoms. The largest absolute Gasteiger partial charge is 0.481 e. The number of hydrogen-bond acceptors (Lipinski definition) is 5. The summed E-state index contributed by atoms with van der Waals surface area (Å²) in [4.78, 5) is 17.4. The number of anilines is 1. The van der Waals surface area contributed by atoms with E-state index in [1.54, 1.807) is 6.20 Å². The highest BCUT2D eigenvalue weighted by Crippen LogP contribution is 2.26. The van der Waals surface area contributed by atoms with E-state index < -0.39 is 11.9 Å². The van der Waals surface area contributed by atoms with E-state index in [0.717, 1.165) is 5.13 Å². The van der Waals surface area contributed by atoms with E-state index in [-0.39, 0.29) is 6.54 Å². The van der Waals surface area contributed by atoms with Crippen molar-refractivity contribution in [2.75, 3.05) is 25.5 Å². The van der Waals surface area contributed by atoms with Crippen LogP contribution in [0.1, 0.15) is 10.8 Å². The summed E-state index contributed by atoms with van der Waals surface area (Å²) in [6, 6.07) is 0. The minimum absolute atomic E-state index is 0.102. The summed E-state index contributed by atoms with van der Waals surface area (Å²) in [5, 5.41) is 9.65. The first-order valence-corrected chi connectivity index (χ1v) is 4.93. The van der Waals surface area contributed by atoms with Crippen LogP contribution in [0, 0.1) is 0 Å². The predicted molar refractivity (Wildman–Crippen MR) is 55.9 cm³/mol. The van der Waals surface area contributed by atoms with Gasteiger partial charge in [-0.25, -0.2) is 4.98 Å². The SMILES string of the molecule is CN(C)c1ncc(C(CN)C(=O)O)s1. The number of aromatic nitrogens is 1. The van der Waals surface area contributed by atoms with Gasteiger partial charge in [0.05, 0.1) is 0 Å². The lowest BCUT2D eigenvalue weighted by molar-refractivity contribution is -0.138. The molecule has 0 radical (unpaired) electrons. The maximum Gasteiger partial charge on any atom is 0.313 e. The van der Waals surface area contributed by atoms with Gasteiger partial charge in [-0.3, -0.25) is 4.79 Å². The lowest BCUT2D eigenvalue weighted by Gasteiger charge is -2.07. The fraction of sp³-hybridized carbons (Fsp3) is 0.500. The highest BCUT2D eigenvalue weighted by atomic mass is 32.1. The van der Waals surface area contributed by atoms with Gasteiger partial charge in [0.1, 0.15) is 5.92 Å². The molecule has 1 unspecified atom stereocenters. The molecular weight excluding hydrogens is 202 g/mol. The Labute approximate surface area is 86.2 Å². The maximum atomic E-state index is 10.8. The highest BCUT2D eigenvalue weighted by molar-refractivity contribution is 7.15. The molecule has 0 fully saturated rings. The Morgan fingerprint density at radius 3 is 2.79 bits per heavy atom. The zero-order valence-electron chi connectivity index (χ0n) is 8.10. The average Bonchev–Trinajstić information content (AvgIpc) is 2.53. The summed E-state index contributed by atoms with van der Waals surface area (Å²) >= 11 is 1.36. The third-order valence-electron chi connectivity index (χ3n) is 1.77. The third kappa shape index (κ3) is 2.21. The smallest absolute Gasteiger partial charge is 0.313 e. The predicted octanol–water partition coefficient (Wildman–Crippen LogP) is 0.336. The van der Waals surface area contributed by atoms with Crippen molar-refractivity contribution in [3.8, 4) is 0 Å². The molecule has 0 saturated heterocycles. The van der Waals surface area contributed by atoms with Crippen LogP contribution in [0.3, 0.4) is 0 Å². The molecule has 1 aromatic rings. The second-order valence-electron chi connectivity index (χ2n) is 3.07. The van der Waals surface area contributed by atoms with Crippen molar-refractivity contribution in [1.82, 2.24) is 4.98 Å². The summed E-state index contributed by atoms with van der Waals surface area (Å²) in [6.07, 6.45) is 1.58. The molecule has 0 aliphatic carbocycles. The second kappa shape index (κ2) is 4.39. The molecule has 0 spiro atoms. The zero-order chi connectivity index (χ0) is 10.7. The van der Waals surface area contributed by atoms with Gasteiger partial charge >= 0.3 is 5.97 Å². The summed E-state index contributed by atoms with van der Waals surface area (Å²) in [5.41, 5.74) is 5.38.